The second kappa shape index (κ2) is 8.55. The van der Waals surface area contributed by atoms with E-state index in [2.05, 4.69) is 10.3 Å². The Bertz CT molecular complexity index is 1360. The van der Waals surface area contributed by atoms with Crippen molar-refractivity contribution in [1.29, 1.82) is 0 Å². The number of anilines is 1. The zero-order valence-corrected chi connectivity index (χ0v) is 18.9. The van der Waals surface area contributed by atoms with Crippen LogP contribution in [-0.2, 0) is 9.84 Å². The normalized spacial score (nSPS) is 14.7. The summed E-state index contributed by atoms with van der Waals surface area (Å²) >= 11 is 0. The zero-order chi connectivity index (χ0) is 23.9. The van der Waals surface area contributed by atoms with Crippen molar-refractivity contribution in [2.75, 3.05) is 12.0 Å². The van der Waals surface area contributed by atoms with E-state index in [0.717, 1.165) is 36.8 Å². The monoisotopic (exact) mass is 471 g/mol. The van der Waals surface area contributed by atoms with Crippen molar-refractivity contribution in [3.63, 3.8) is 0 Å². The Labute approximate surface area is 190 Å². The van der Waals surface area contributed by atoms with Crippen LogP contribution in [-0.4, -0.2) is 25.6 Å². The molecule has 0 aliphatic heterocycles. The van der Waals surface area contributed by atoms with Gasteiger partial charge in [0, 0.05) is 18.0 Å². The van der Waals surface area contributed by atoms with Crippen LogP contribution in [0.3, 0.4) is 0 Å². The maximum atomic E-state index is 14.9. The van der Waals surface area contributed by atoms with Crippen LogP contribution in [0, 0.1) is 11.6 Å². The third-order valence-corrected chi connectivity index (χ3v) is 6.77. The Morgan fingerprint density at radius 1 is 1.15 bits per heavy atom. The molecule has 1 amide bonds. The molecule has 1 heterocycles. The lowest BCUT2D eigenvalue weighted by Crippen LogP contribution is -2.27. The number of sulfone groups is 1. The van der Waals surface area contributed by atoms with Gasteiger partial charge in [0.2, 0.25) is 0 Å². The topological polar surface area (TPSA) is 102 Å². The highest BCUT2D eigenvalue weighted by Crippen LogP contribution is 2.41. The summed E-state index contributed by atoms with van der Waals surface area (Å²) in [5.74, 6) is -1.47. The van der Waals surface area contributed by atoms with Crippen LogP contribution >= 0.6 is 0 Å². The van der Waals surface area contributed by atoms with Crippen molar-refractivity contribution in [3.05, 3.63) is 77.0 Å². The minimum absolute atomic E-state index is 0.199. The van der Waals surface area contributed by atoms with Gasteiger partial charge in [0.15, 0.2) is 9.84 Å². The standard InChI is InChI=1S/C24H23F2N3O3S/c1-13(16-7-18(25)11-19(8-16)33(2,31)32)29-24(30)20-6-5-15(10-22(20)26)21-9-17(14-3-4-14)12-28-23(21)27/h5-14H,3-4H2,1-2H3,(H2,27,28)(H,29,30)/t13-/m1/s1. The van der Waals surface area contributed by atoms with Crippen LogP contribution in [0.4, 0.5) is 14.6 Å². The molecule has 9 heteroatoms. The van der Waals surface area contributed by atoms with Crippen molar-refractivity contribution in [1.82, 2.24) is 10.3 Å². The minimum Gasteiger partial charge on any atom is -0.383 e. The number of aromatic nitrogens is 1. The minimum atomic E-state index is -3.64. The van der Waals surface area contributed by atoms with Gasteiger partial charge in [-0.25, -0.2) is 22.2 Å². The fraction of sp³-hybridized carbons (Fsp3) is 0.250. The maximum absolute atomic E-state index is 14.9. The predicted octanol–water partition coefficient (Wildman–Crippen LogP) is 4.38. The first-order valence-corrected chi connectivity index (χ1v) is 12.3. The van der Waals surface area contributed by atoms with Gasteiger partial charge in [-0.3, -0.25) is 4.79 Å². The number of halogens is 2. The molecule has 0 saturated heterocycles. The van der Waals surface area contributed by atoms with E-state index in [1.165, 1.54) is 18.2 Å². The second-order valence-electron chi connectivity index (χ2n) is 8.36. The Hall–Kier alpha value is -3.33. The summed E-state index contributed by atoms with van der Waals surface area (Å²) in [5.41, 5.74) is 8.20. The molecule has 172 valence electrons. The molecular weight excluding hydrogens is 448 g/mol. The molecule has 0 bridgehead atoms. The molecule has 0 spiro atoms. The Kier molecular flexibility index (Phi) is 5.92. The summed E-state index contributed by atoms with van der Waals surface area (Å²) in [5, 5.41) is 2.58. The van der Waals surface area contributed by atoms with Crippen LogP contribution in [0.15, 0.2) is 53.6 Å². The van der Waals surface area contributed by atoms with E-state index in [1.807, 2.05) is 6.07 Å². The molecule has 4 rings (SSSR count). The summed E-state index contributed by atoms with van der Waals surface area (Å²) in [7, 11) is -3.64. The molecule has 6 nitrogen and oxygen atoms in total. The van der Waals surface area contributed by atoms with Crippen LogP contribution in [0.25, 0.3) is 11.1 Å². The van der Waals surface area contributed by atoms with Gasteiger partial charge >= 0.3 is 0 Å². The molecule has 3 N–H and O–H groups in total. The number of nitrogens with two attached hydrogens (primary N) is 1. The molecule has 1 fully saturated rings. The average molecular weight is 472 g/mol. The van der Waals surface area contributed by atoms with Crippen molar-refractivity contribution in [2.24, 2.45) is 0 Å². The number of hydrogen-bond donors (Lipinski definition) is 2. The first-order chi connectivity index (χ1) is 15.5. The highest BCUT2D eigenvalue weighted by Gasteiger charge is 2.25. The fourth-order valence-corrected chi connectivity index (χ4v) is 4.31. The number of carbonyl (C=O) groups excluding carboxylic acids is 1. The smallest absolute Gasteiger partial charge is 0.254 e. The number of carbonyl (C=O) groups is 1. The number of rotatable bonds is 6. The van der Waals surface area contributed by atoms with E-state index in [9.17, 15) is 22.0 Å². The molecule has 2 aromatic carbocycles. The van der Waals surface area contributed by atoms with Crippen LogP contribution in [0.2, 0.25) is 0 Å². The molecule has 0 unspecified atom stereocenters. The van der Waals surface area contributed by atoms with Crippen molar-refractivity contribution in [2.45, 2.75) is 36.6 Å². The summed E-state index contributed by atoms with van der Waals surface area (Å²) in [6.07, 6.45) is 4.88. The van der Waals surface area contributed by atoms with Gasteiger partial charge in [-0.05, 0) is 78.8 Å². The van der Waals surface area contributed by atoms with Crippen molar-refractivity contribution in [3.8, 4) is 11.1 Å². The van der Waals surface area contributed by atoms with Gasteiger partial charge < -0.3 is 11.1 Å². The van der Waals surface area contributed by atoms with Gasteiger partial charge in [-0.15, -0.1) is 0 Å². The highest BCUT2D eigenvalue weighted by molar-refractivity contribution is 7.90. The van der Waals surface area contributed by atoms with Gasteiger partial charge in [0.1, 0.15) is 17.5 Å². The van der Waals surface area contributed by atoms with E-state index >= 15 is 0 Å². The highest BCUT2D eigenvalue weighted by atomic mass is 32.2. The number of hydrogen-bond acceptors (Lipinski definition) is 5. The van der Waals surface area contributed by atoms with Crippen LogP contribution in [0.5, 0.6) is 0 Å². The molecule has 1 aliphatic rings. The van der Waals surface area contributed by atoms with Gasteiger partial charge in [0.05, 0.1) is 16.5 Å². The largest absolute Gasteiger partial charge is 0.383 e. The van der Waals surface area contributed by atoms with Crippen molar-refractivity contribution < 1.29 is 22.0 Å². The number of amides is 1. The van der Waals surface area contributed by atoms with Gasteiger partial charge in [-0.1, -0.05) is 6.07 Å². The number of nitrogens with zero attached hydrogens (tertiary/aromatic N) is 1. The Morgan fingerprint density at radius 3 is 2.52 bits per heavy atom. The molecule has 1 saturated carbocycles. The second-order valence-corrected chi connectivity index (χ2v) is 10.4. The summed E-state index contributed by atoms with van der Waals surface area (Å²) in [4.78, 5) is 16.7. The lowest BCUT2D eigenvalue weighted by Gasteiger charge is -2.16. The molecule has 1 aliphatic carbocycles. The first kappa shape index (κ1) is 22.8. The molecule has 1 aromatic heterocycles. The van der Waals surface area contributed by atoms with E-state index in [4.69, 9.17) is 5.73 Å². The summed E-state index contributed by atoms with van der Waals surface area (Å²) in [6.45, 7) is 1.56. The SMILES string of the molecule is C[C@@H](NC(=O)c1ccc(-c2cc(C3CC3)cnc2N)cc1F)c1cc(F)cc(S(C)(=O)=O)c1. The van der Waals surface area contributed by atoms with Gasteiger partial charge in [0.25, 0.3) is 5.91 Å². The molecule has 0 radical (unpaired) electrons. The lowest BCUT2D eigenvalue weighted by atomic mass is 10.0. The molecular formula is C24H23F2N3O3S. The number of nitrogens with one attached hydrogen (secondary N) is 1. The number of benzene rings is 2. The predicted molar refractivity (Wildman–Crippen MR) is 121 cm³/mol. The maximum Gasteiger partial charge on any atom is 0.254 e. The van der Waals surface area contributed by atoms with E-state index in [1.54, 1.807) is 19.2 Å². The Balaban J connectivity index is 1.56. The molecule has 1 atom stereocenters. The summed E-state index contributed by atoms with van der Waals surface area (Å²) < 4.78 is 52.3. The fourth-order valence-electron chi connectivity index (χ4n) is 3.64. The average Bonchev–Trinajstić information content (AvgIpc) is 3.58. The summed E-state index contributed by atoms with van der Waals surface area (Å²) in [6, 6.07) is 8.63. The van der Waals surface area contributed by atoms with E-state index < -0.39 is 33.4 Å². The van der Waals surface area contributed by atoms with Crippen LogP contribution < -0.4 is 11.1 Å². The molecule has 33 heavy (non-hydrogen) atoms. The Morgan fingerprint density at radius 2 is 1.88 bits per heavy atom. The third kappa shape index (κ3) is 5.03. The number of nitrogen functional groups attached to an aromatic ring is 1. The van der Waals surface area contributed by atoms with Crippen molar-refractivity contribution >= 4 is 21.6 Å². The van der Waals surface area contributed by atoms with E-state index in [-0.39, 0.29) is 21.8 Å². The van der Waals surface area contributed by atoms with Gasteiger partial charge in [-0.2, -0.15) is 0 Å². The zero-order valence-electron chi connectivity index (χ0n) is 18.1. The third-order valence-electron chi connectivity index (χ3n) is 5.68. The lowest BCUT2D eigenvalue weighted by molar-refractivity contribution is 0.0935. The molecule has 3 aromatic rings. The van der Waals surface area contributed by atoms with E-state index in [0.29, 0.717) is 17.0 Å². The first-order valence-electron chi connectivity index (χ1n) is 10.4. The quantitative estimate of drug-likeness (QED) is 0.556. The van der Waals surface area contributed by atoms with Crippen LogP contribution in [0.1, 0.15) is 53.2 Å². The number of pyridine rings is 1.